The van der Waals surface area contributed by atoms with Crippen LogP contribution in [0.1, 0.15) is 15.9 Å². The average Bonchev–Trinajstić information content (AvgIpc) is 3.05. The van der Waals surface area contributed by atoms with Crippen molar-refractivity contribution in [3.63, 3.8) is 0 Å². The third-order valence-electron chi connectivity index (χ3n) is 4.44. The summed E-state index contributed by atoms with van der Waals surface area (Å²) >= 11 is 6.17. The van der Waals surface area contributed by atoms with Crippen molar-refractivity contribution in [1.29, 1.82) is 0 Å². The molecule has 0 saturated carbocycles. The number of pyridine rings is 1. The number of benzene rings is 2. The first-order valence-corrected chi connectivity index (χ1v) is 9.13. The molecule has 0 radical (unpaired) electrons. The lowest BCUT2D eigenvalue weighted by molar-refractivity contribution is 0.102. The van der Waals surface area contributed by atoms with Gasteiger partial charge in [-0.15, -0.1) is 0 Å². The van der Waals surface area contributed by atoms with Crippen LogP contribution in [0, 0.1) is 6.92 Å². The van der Waals surface area contributed by atoms with Crippen LogP contribution in [0.3, 0.4) is 0 Å². The highest BCUT2D eigenvalue weighted by Crippen LogP contribution is 2.31. The van der Waals surface area contributed by atoms with Crippen LogP contribution in [0.5, 0.6) is 5.75 Å². The number of ether oxygens (including phenoxy) is 1. The number of fused-ring (bicyclic) bond motifs is 1. The standard InChI is InChI=1S/C22H18ClN3O2/c1-14-9-10-26-19(11-14)24-20(15-5-3-7-17(23)12-15)21(26)25-22(27)16-6-4-8-18(13-16)28-2/h3-13H,1-2H3,(H,25,27). The second-order valence-electron chi connectivity index (χ2n) is 6.44. The number of aromatic nitrogens is 2. The summed E-state index contributed by atoms with van der Waals surface area (Å²) in [6.07, 6.45) is 1.90. The van der Waals surface area contributed by atoms with Crippen molar-refractivity contribution < 1.29 is 9.53 Å². The van der Waals surface area contributed by atoms with E-state index in [1.807, 2.05) is 47.9 Å². The van der Waals surface area contributed by atoms with Crippen LogP contribution in [0.2, 0.25) is 5.02 Å². The Kier molecular flexibility index (Phi) is 4.75. The Morgan fingerprint density at radius 3 is 2.71 bits per heavy atom. The highest BCUT2D eigenvalue weighted by Gasteiger charge is 2.18. The van der Waals surface area contributed by atoms with Gasteiger partial charge in [-0.05, 0) is 55.0 Å². The molecule has 2 heterocycles. The Balaban J connectivity index is 1.82. The molecule has 0 spiro atoms. The number of rotatable bonds is 4. The van der Waals surface area contributed by atoms with Gasteiger partial charge in [0.1, 0.15) is 22.9 Å². The minimum absolute atomic E-state index is 0.246. The number of carbonyl (C=O) groups excluding carboxylic acids is 1. The predicted molar refractivity (Wildman–Crippen MR) is 111 cm³/mol. The maximum Gasteiger partial charge on any atom is 0.256 e. The number of anilines is 1. The van der Waals surface area contributed by atoms with Gasteiger partial charge in [0.2, 0.25) is 0 Å². The van der Waals surface area contributed by atoms with E-state index in [9.17, 15) is 4.79 Å². The lowest BCUT2D eigenvalue weighted by Gasteiger charge is -2.09. The summed E-state index contributed by atoms with van der Waals surface area (Å²) in [5.74, 6) is 0.964. The van der Waals surface area contributed by atoms with Crippen molar-refractivity contribution in [3.8, 4) is 17.0 Å². The van der Waals surface area contributed by atoms with Crippen LogP contribution >= 0.6 is 11.6 Å². The maximum atomic E-state index is 12.9. The Bertz CT molecular complexity index is 1180. The van der Waals surface area contributed by atoms with Crippen molar-refractivity contribution >= 4 is 29.0 Å². The number of carbonyl (C=O) groups is 1. The average molecular weight is 392 g/mol. The van der Waals surface area contributed by atoms with E-state index in [0.29, 0.717) is 27.8 Å². The van der Waals surface area contributed by atoms with Crippen LogP contribution in [0.25, 0.3) is 16.9 Å². The third kappa shape index (κ3) is 3.44. The van der Waals surface area contributed by atoms with Gasteiger partial charge in [0.15, 0.2) is 0 Å². The summed E-state index contributed by atoms with van der Waals surface area (Å²) in [6, 6.07) is 18.4. The van der Waals surface area contributed by atoms with Crippen molar-refractivity contribution in [2.24, 2.45) is 0 Å². The molecular weight excluding hydrogens is 374 g/mol. The molecule has 0 aliphatic heterocycles. The molecule has 5 nitrogen and oxygen atoms in total. The van der Waals surface area contributed by atoms with Crippen molar-refractivity contribution in [1.82, 2.24) is 9.38 Å². The zero-order valence-corrected chi connectivity index (χ0v) is 16.2. The SMILES string of the molecule is COc1cccc(C(=O)Nc2c(-c3cccc(Cl)c3)nc3cc(C)ccn23)c1. The molecule has 6 heteroatoms. The smallest absolute Gasteiger partial charge is 0.256 e. The van der Waals surface area contributed by atoms with E-state index in [2.05, 4.69) is 5.32 Å². The summed E-state index contributed by atoms with van der Waals surface area (Å²) in [5.41, 5.74) is 3.81. The fourth-order valence-corrected chi connectivity index (χ4v) is 3.24. The third-order valence-corrected chi connectivity index (χ3v) is 4.68. The minimum atomic E-state index is -0.246. The van der Waals surface area contributed by atoms with E-state index in [1.165, 1.54) is 0 Å². The molecule has 2 aromatic heterocycles. The lowest BCUT2D eigenvalue weighted by Crippen LogP contribution is -2.14. The highest BCUT2D eigenvalue weighted by atomic mass is 35.5. The molecule has 0 bridgehead atoms. The zero-order valence-electron chi connectivity index (χ0n) is 15.4. The molecule has 140 valence electrons. The number of hydrogen-bond acceptors (Lipinski definition) is 3. The van der Waals surface area contributed by atoms with Gasteiger partial charge in [-0.3, -0.25) is 9.20 Å². The fraction of sp³-hybridized carbons (Fsp3) is 0.0909. The van der Waals surface area contributed by atoms with Crippen LogP contribution in [0.15, 0.2) is 66.9 Å². The normalized spacial score (nSPS) is 10.8. The Morgan fingerprint density at radius 1 is 1.11 bits per heavy atom. The van der Waals surface area contributed by atoms with Crippen LogP contribution in [-0.4, -0.2) is 22.4 Å². The van der Waals surface area contributed by atoms with Gasteiger partial charge in [0, 0.05) is 22.3 Å². The molecule has 0 unspecified atom stereocenters. The molecular formula is C22H18ClN3O2. The number of amides is 1. The Morgan fingerprint density at radius 2 is 1.93 bits per heavy atom. The highest BCUT2D eigenvalue weighted by molar-refractivity contribution is 6.30. The van der Waals surface area contributed by atoms with E-state index < -0.39 is 0 Å². The summed E-state index contributed by atoms with van der Waals surface area (Å²) in [6.45, 7) is 2.00. The lowest BCUT2D eigenvalue weighted by atomic mass is 10.1. The van der Waals surface area contributed by atoms with Crippen LogP contribution in [0.4, 0.5) is 5.82 Å². The first-order chi connectivity index (χ1) is 13.5. The van der Waals surface area contributed by atoms with Crippen LogP contribution in [-0.2, 0) is 0 Å². The second-order valence-corrected chi connectivity index (χ2v) is 6.87. The minimum Gasteiger partial charge on any atom is -0.497 e. The molecule has 28 heavy (non-hydrogen) atoms. The number of aryl methyl sites for hydroxylation is 1. The molecule has 2 aromatic carbocycles. The van der Waals surface area contributed by atoms with Gasteiger partial charge >= 0.3 is 0 Å². The largest absolute Gasteiger partial charge is 0.497 e. The van der Waals surface area contributed by atoms with Gasteiger partial charge in [0.05, 0.1) is 7.11 Å². The first-order valence-electron chi connectivity index (χ1n) is 8.75. The van der Waals surface area contributed by atoms with E-state index in [4.69, 9.17) is 21.3 Å². The van der Waals surface area contributed by atoms with E-state index >= 15 is 0 Å². The summed E-state index contributed by atoms with van der Waals surface area (Å²) < 4.78 is 7.08. The number of nitrogens with zero attached hydrogens (tertiary/aromatic N) is 2. The summed E-state index contributed by atoms with van der Waals surface area (Å²) in [5, 5.41) is 3.61. The van der Waals surface area contributed by atoms with Crippen molar-refractivity contribution in [3.05, 3.63) is 83.0 Å². The Labute approximate surface area is 167 Å². The number of halogens is 1. The molecule has 0 aliphatic rings. The molecule has 1 amide bonds. The molecule has 4 rings (SSSR count). The molecule has 4 aromatic rings. The molecule has 1 N–H and O–H groups in total. The molecule has 0 saturated heterocycles. The van der Waals surface area contributed by atoms with E-state index in [0.717, 1.165) is 16.8 Å². The van der Waals surface area contributed by atoms with Crippen molar-refractivity contribution in [2.75, 3.05) is 12.4 Å². The monoisotopic (exact) mass is 391 g/mol. The van der Waals surface area contributed by atoms with E-state index in [1.54, 1.807) is 37.4 Å². The quantitative estimate of drug-likeness (QED) is 0.518. The van der Waals surface area contributed by atoms with Gasteiger partial charge < -0.3 is 10.1 Å². The van der Waals surface area contributed by atoms with Crippen molar-refractivity contribution in [2.45, 2.75) is 6.92 Å². The van der Waals surface area contributed by atoms with Gasteiger partial charge in [-0.2, -0.15) is 0 Å². The predicted octanol–water partition coefficient (Wildman–Crippen LogP) is 5.22. The molecule has 0 fully saturated rings. The number of hydrogen-bond donors (Lipinski definition) is 1. The number of imidazole rings is 1. The van der Waals surface area contributed by atoms with Gasteiger partial charge in [-0.1, -0.05) is 29.8 Å². The second kappa shape index (κ2) is 7.37. The molecule has 0 atom stereocenters. The fourth-order valence-electron chi connectivity index (χ4n) is 3.05. The van der Waals surface area contributed by atoms with Crippen LogP contribution < -0.4 is 10.1 Å². The van der Waals surface area contributed by atoms with E-state index in [-0.39, 0.29) is 5.91 Å². The Hall–Kier alpha value is -3.31. The first kappa shape index (κ1) is 18.1. The summed E-state index contributed by atoms with van der Waals surface area (Å²) in [7, 11) is 1.57. The van der Waals surface area contributed by atoms with Gasteiger partial charge in [-0.25, -0.2) is 4.98 Å². The zero-order chi connectivity index (χ0) is 19.7. The topological polar surface area (TPSA) is 55.6 Å². The number of methoxy groups -OCH3 is 1. The number of nitrogens with one attached hydrogen (secondary N) is 1. The molecule has 0 aliphatic carbocycles. The van der Waals surface area contributed by atoms with Gasteiger partial charge in [0.25, 0.3) is 5.91 Å². The summed E-state index contributed by atoms with van der Waals surface area (Å²) in [4.78, 5) is 17.6. The maximum absolute atomic E-state index is 12.9.